The SMILES string of the molecule is CNc1cc(Cl)cc(Br)c1OC=O. The van der Waals surface area contributed by atoms with Gasteiger partial charge in [-0.05, 0) is 28.1 Å². The maximum atomic E-state index is 10.2. The molecule has 0 heterocycles. The van der Waals surface area contributed by atoms with E-state index in [1.54, 1.807) is 19.2 Å². The molecule has 0 radical (unpaired) electrons. The van der Waals surface area contributed by atoms with E-state index in [9.17, 15) is 4.79 Å². The first-order valence-electron chi connectivity index (χ1n) is 3.46. The Hall–Kier alpha value is -0.740. The lowest BCUT2D eigenvalue weighted by Gasteiger charge is -2.08. The summed E-state index contributed by atoms with van der Waals surface area (Å²) < 4.78 is 5.40. The molecule has 0 fully saturated rings. The minimum Gasteiger partial charge on any atom is -0.425 e. The van der Waals surface area contributed by atoms with Crippen molar-refractivity contribution >= 4 is 39.7 Å². The van der Waals surface area contributed by atoms with Crippen LogP contribution in [0.2, 0.25) is 5.02 Å². The molecule has 1 aromatic carbocycles. The van der Waals surface area contributed by atoms with Crippen LogP contribution in [0.1, 0.15) is 0 Å². The van der Waals surface area contributed by atoms with E-state index >= 15 is 0 Å². The number of nitrogens with one attached hydrogen (secondary N) is 1. The summed E-state index contributed by atoms with van der Waals surface area (Å²) in [5, 5.41) is 3.43. The Morgan fingerprint density at radius 1 is 1.62 bits per heavy atom. The van der Waals surface area contributed by atoms with Gasteiger partial charge in [-0.1, -0.05) is 11.6 Å². The molecule has 0 saturated carbocycles. The zero-order valence-electron chi connectivity index (χ0n) is 6.80. The van der Waals surface area contributed by atoms with Crippen molar-refractivity contribution < 1.29 is 9.53 Å². The first-order chi connectivity index (χ1) is 6.19. The second-order valence-corrected chi connectivity index (χ2v) is 3.52. The molecule has 0 spiro atoms. The number of hydrogen-bond donors (Lipinski definition) is 1. The van der Waals surface area contributed by atoms with Gasteiger partial charge in [0, 0.05) is 12.1 Å². The van der Waals surface area contributed by atoms with Crippen LogP contribution in [0.3, 0.4) is 0 Å². The average Bonchev–Trinajstić information content (AvgIpc) is 2.09. The summed E-state index contributed by atoms with van der Waals surface area (Å²) >= 11 is 9.02. The fraction of sp³-hybridized carbons (Fsp3) is 0.125. The van der Waals surface area contributed by atoms with Gasteiger partial charge >= 0.3 is 0 Å². The lowest BCUT2D eigenvalue weighted by atomic mass is 10.3. The molecule has 0 aliphatic carbocycles. The minimum absolute atomic E-state index is 0.370. The number of carbonyl (C=O) groups excluding carboxylic acids is 1. The fourth-order valence-electron chi connectivity index (χ4n) is 0.914. The van der Waals surface area contributed by atoms with Crippen molar-refractivity contribution in [3.63, 3.8) is 0 Å². The van der Waals surface area contributed by atoms with Crippen molar-refractivity contribution in [1.29, 1.82) is 0 Å². The zero-order chi connectivity index (χ0) is 9.84. The topological polar surface area (TPSA) is 38.3 Å². The van der Waals surface area contributed by atoms with E-state index < -0.39 is 0 Å². The number of ether oxygens (including phenoxy) is 1. The summed E-state index contributed by atoms with van der Waals surface area (Å²) in [5.41, 5.74) is 0.659. The molecule has 1 rings (SSSR count). The number of halogens is 2. The molecule has 0 saturated heterocycles. The third-order valence-electron chi connectivity index (χ3n) is 1.44. The van der Waals surface area contributed by atoms with Gasteiger partial charge in [-0.3, -0.25) is 4.79 Å². The maximum Gasteiger partial charge on any atom is 0.298 e. The molecule has 13 heavy (non-hydrogen) atoms. The summed E-state index contributed by atoms with van der Waals surface area (Å²) in [6.07, 6.45) is 0. The molecule has 0 aromatic heterocycles. The Labute approximate surface area is 89.2 Å². The van der Waals surface area contributed by atoms with Crippen molar-refractivity contribution in [2.75, 3.05) is 12.4 Å². The Morgan fingerprint density at radius 2 is 2.31 bits per heavy atom. The first-order valence-corrected chi connectivity index (χ1v) is 4.63. The highest BCUT2D eigenvalue weighted by molar-refractivity contribution is 9.10. The zero-order valence-corrected chi connectivity index (χ0v) is 9.15. The number of hydrogen-bond acceptors (Lipinski definition) is 3. The van der Waals surface area contributed by atoms with Crippen LogP contribution in [0.25, 0.3) is 0 Å². The molecule has 70 valence electrons. The van der Waals surface area contributed by atoms with Crippen molar-refractivity contribution in [3.05, 3.63) is 21.6 Å². The molecule has 1 N–H and O–H groups in total. The summed E-state index contributed by atoms with van der Waals surface area (Å²) in [7, 11) is 1.72. The highest BCUT2D eigenvalue weighted by Gasteiger charge is 2.08. The van der Waals surface area contributed by atoms with E-state index in [-0.39, 0.29) is 0 Å². The number of carbonyl (C=O) groups is 1. The van der Waals surface area contributed by atoms with Crippen molar-refractivity contribution in [3.8, 4) is 5.75 Å². The van der Waals surface area contributed by atoms with Crippen LogP contribution in [0.5, 0.6) is 5.75 Å². The van der Waals surface area contributed by atoms with Crippen LogP contribution in [-0.4, -0.2) is 13.5 Å². The molecular formula is C8H7BrClNO2. The second kappa shape index (κ2) is 4.48. The van der Waals surface area contributed by atoms with Gasteiger partial charge in [-0.15, -0.1) is 0 Å². The quantitative estimate of drug-likeness (QED) is 0.853. The van der Waals surface area contributed by atoms with Gasteiger partial charge in [0.2, 0.25) is 0 Å². The van der Waals surface area contributed by atoms with Crippen LogP contribution in [0.4, 0.5) is 5.69 Å². The van der Waals surface area contributed by atoms with Crippen LogP contribution in [0, 0.1) is 0 Å². The Morgan fingerprint density at radius 3 is 2.85 bits per heavy atom. The summed E-state index contributed by atoms with van der Waals surface area (Å²) in [5.74, 6) is 0.432. The number of benzene rings is 1. The largest absolute Gasteiger partial charge is 0.425 e. The van der Waals surface area contributed by atoms with E-state index in [0.29, 0.717) is 27.4 Å². The van der Waals surface area contributed by atoms with Crippen molar-refractivity contribution in [2.24, 2.45) is 0 Å². The standard InChI is InChI=1S/C8H7BrClNO2/c1-11-7-3-5(10)2-6(9)8(7)13-4-12/h2-4,11H,1H3. The Bertz CT molecular complexity index is 330. The minimum atomic E-state index is 0.370. The molecule has 0 bridgehead atoms. The van der Waals surface area contributed by atoms with E-state index in [1.807, 2.05) is 0 Å². The molecular weight excluding hydrogens is 257 g/mol. The predicted octanol–water partition coefficient (Wildman–Crippen LogP) is 2.68. The normalized spacial score (nSPS) is 9.46. The molecule has 0 atom stereocenters. The smallest absolute Gasteiger partial charge is 0.298 e. The molecule has 3 nitrogen and oxygen atoms in total. The van der Waals surface area contributed by atoms with E-state index in [4.69, 9.17) is 16.3 Å². The lowest BCUT2D eigenvalue weighted by Crippen LogP contribution is -1.96. The highest BCUT2D eigenvalue weighted by Crippen LogP contribution is 2.35. The highest BCUT2D eigenvalue weighted by atomic mass is 79.9. The van der Waals surface area contributed by atoms with E-state index in [2.05, 4.69) is 21.2 Å². The van der Waals surface area contributed by atoms with Crippen molar-refractivity contribution in [1.82, 2.24) is 0 Å². The summed E-state index contributed by atoms with van der Waals surface area (Å²) in [6.45, 7) is 0.370. The summed E-state index contributed by atoms with van der Waals surface area (Å²) in [4.78, 5) is 10.2. The average molecular weight is 265 g/mol. The van der Waals surface area contributed by atoms with Crippen LogP contribution in [-0.2, 0) is 4.79 Å². The number of anilines is 1. The second-order valence-electron chi connectivity index (χ2n) is 2.23. The molecule has 0 aliphatic rings. The van der Waals surface area contributed by atoms with E-state index in [0.717, 1.165) is 0 Å². The van der Waals surface area contributed by atoms with Gasteiger partial charge in [0.15, 0.2) is 5.75 Å². The van der Waals surface area contributed by atoms with Crippen LogP contribution >= 0.6 is 27.5 Å². The molecule has 0 unspecified atom stereocenters. The molecule has 0 amide bonds. The van der Waals surface area contributed by atoms with E-state index in [1.165, 1.54) is 0 Å². The number of rotatable bonds is 3. The van der Waals surface area contributed by atoms with Crippen LogP contribution < -0.4 is 10.1 Å². The van der Waals surface area contributed by atoms with Gasteiger partial charge < -0.3 is 10.1 Å². The monoisotopic (exact) mass is 263 g/mol. The third-order valence-corrected chi connectivity index (χ3v) is 2.25. The molecule has 0 aliphatic heterocycles. The Kier molecular flexibility index (Phi) is 3.57. The maximum absolute atomic E-state index is 10.2. The van der Waals surface area contributed by atoms with Gasteiger partial charge in [-0.25, -0.2) is 0 Å². The summed E-state index contributed by atoms with van der Waals surface area (Å²) in [6, 6.07) is 3.33. The van der Waals surface area contributed by atoms with Gasteiger partial charge in [0.1, 0.15) is 0 Å². The van der Waals surface area contributed by atoms with Crippen LogP contribution in [0.15, 0.2) is 16.6 Å². The van der Waals surface area contributed by atoms with Gasteiger partial charge in [0.05, 0.1) is 10.2 Å². The lowest BCUT2D eigenvalue weighted by molar-refractivity contribution is -0.120. The van der Waals surface area contributed by atoms with Crippen molar-refractivity contribution in [2.45, 2.75) is 0 Å². The Balaban J connectivity index is 3.20. The predicted molar refractivity (Wildman–Crippen MR) is 55.4 cm³/mol. The molecule has 5 heteroatoms. The van der Waals surface area contributed by atoms with Gasteiger partial charge in [-0.2, -0.15) is 0 Å². The van der Waals surface area contributed by atoms with Gasteiger partial charge in [0.25, 0.3) is 6.47 Å². The molecule has 1 aromatic rings. The third kappa shape index (κ3) is 2.35. The fourth-order valence-corrected chi connectivity index (χ4v) is 1.82. The first kappa shape index (κ1) is 10.3.